The molecule has 0 aromatic carbocycles. The maximum absolute atomic E-state index is 12.2. The normalized spacial score (nSPS) is 23.7. The van der Waals surface area contributed by atoms with E-state index in [1.54, 1.807) is 0 Å². The number of rotatable bonds is 6. The van der Waals surface area contributed by atoms with Crippen molar-refractivity contribution in [3.8, 4) is 0 Å². The number of carbonyl (C=O) groups is 4. The highest BCUT2D eigenvalue weighted by molar-refractivity contribution is 8.00. The number of ether oxygens (including phenoxy) is 1. The molecule has 0 aromatic heterocycles. The highest BCUT2D eigenvalue weighted by Crippen LogP contribution is 2.40. The molecule has 1 unspecified atom stereocenters. The Morgan fingerprint density at radius 1 is 1.45 bits per heavy atom. The van der Waals surface area contributed by atoms with Crippen molar-refractivity contribution >= 4 is 35.3 Å². The molecule has 22 heavy (non-hydrogen) atoms. The van der Waals surface area contributed by atoms with Crippen LogP contribution >= 0.6 is 11.8 Å². The van der Waals surface area contributed by atoms with Gasteiger partial charge >= 0.3 is 5.97 Å². The Balaban J connectivity index is 2.14. The first-order chi connectivity index (χ1) is 10.4. The number of carbonyl (C=O) groups excluding carboxylic acids is 3. The quantitative estimate of drug-likeness (QED) is 0.492. The van der Waals surface area contributed by atoms with Gasteiger partial charge in [-0.1, -0.05) is 0 Å². The minimum Gasteiger partial charge on any atom is -0.477 e. The van der Waals surface area contributed by atoms with Crippen molar-refractivity contribution in [3.05, 3.63) is 11.3 Å². The number of fused-ring (bicyclic) bond motifs is 1. The lowest BCUT2D eigenvalue weighted by atomic mass is 10.0. The molecule has 2 amide bonds. The molecule has 2 aliphatic heterocycles. The summed E-state index contributed by atoms with van der Waals surface area (Å²) in [6.07, 6.45) is -0.294. The summed E-state index contributed by atoms with van der Waals surface area (Å²) in [7, 11) is 1.45. The molecule has 0 bridgehead atoms. The van der Waals surface area contributed by atoms with E-state index in [4.69, 9.17) is 4.74 Å². The van der Waals surface area contributed by atoms with Crippen molar-refractivity contribution < 1.29 is 29.0 Å². The number of methoxy groups -OCH3 is 1. The molecule has 2 aliphatic rings. The lowest BCUT2D eigenvalue weighted by molar-refractivity contribution is -0.151. The monoisotopic (exact) mass is 328 g/mol. The largest absolute Gasteiger partial charge is 0.477 e. The summed E-state index contributed by atoms with van der Waals surface area (Å²) >= 11 is 1.36. The third kappa shape index (κ3) is 3.00. The van der Waals surface area contributed by atoms with E-state index in [1.807, 2.05) is 0 Å². The molecule has 2 heterocycles. The number of ketones is 1. The summed E-state index contributed by atoms with van der Waals surface area (Å²) in [5, 5.41) is 11.3. The van der Waals surface area contributed by atoms with E-state index in [1.165, 1.54) is 30.7 Å². The van der Waals surface area contributed by atoms with Gasteiger partial charge in [0.15, 0.2) is 0 Å². The molecule has 9 heteroatoms. The van der Waals surface area contributed by atoms with Crippen molar-refractivity contribution in [2.75, 3.05) is 19.5 Å². The van der Waals surface area contributed by atoms with Crippen molar-refractivity contribution in [1.29, 1.82) is 0 Å². The van der Waals surface area contributed by atoms with Crippen LogP contribution in [0.3, 0.4) is 0 Å². The number of carboxylic acid groups (broad SMARTS) is 1. The van der Waals surface area contributed by atoms with Gasteiger partial charge in [0.05, 0.1) is 13.0 Å². The average molecular weight is 328 g/mol. The molecule has 2 N–H and O–H groups in total. The zero-order valence-electron chi connectivity index (χ0n) is 12.1. The summed E-state index contributed by atoms with van der Waals surface area (Å²) in [6.45, 7) is 1.42. The predicted molar refractivity (Wildman–Crippen MR) is 76.9 cm³/mol. The second kappa shape index (κ2) is 6.49. The molecule has 0 saturated carbocycles. The van der Waals surface area contributed by atoms with Gasteiger partial charge in [-0.05, 0) is 12.5 Å². The average Bonchev–Trinajstić information content (AvgIpc) is 2.43. The highest BCUT2D eigenvalue weighted by Gasteiger charge is 2.54. The number of thioether (sulfide) groups is 1. The standard InChI is InChI=1S/C13H16N2O6S/c1-6(16)3-8(17)14-9-11(18)15-10(13(19)20)7(4-21-2)5-22-12(9)15/h9,12H,3-5H2,1-2H3,(H,14,17)(H,19,20)/t9?,12-/m1/s1. The van der Waals surface area contributed by atoms with Gasteiger partial charge in [0.2, 0.25) is 5.91 Å². The third-order valence-electron chi connectivity index (χ3n) is 3.29. The van der Waals surface area contributed by atoms with E-state index in [0.29, 0.717) is 11.3 Å². The molecule has 0 radical (unpaired) electrons. The first kappa shape index (κ1) is 16.5. The number of β-lactam (4-membered cyclic amide) rings is 1. The molecule has 2 atom stereocenters. The number of amides is 2. The Morgan fingerprint density at radius 2 is 2.14 bits per heavy atom. The summed E-state index contributed by atoms with van der Waals surface area (Å²) in [5.74, 6) is -2.11. The van der Waals surface area contributed by atoms with Crippen molar-refractivity contribution in [2.24, 2.45) is 0 Å². The molecule has 0 aromatic rings. The SMILES string of the molecule is COCC1=C(C(=O)O)N2C(=O)C(NC(=O)CC(C)=O)[C@H]2SC1. The van der Waals surface area contributed by atoms with Crippen LogP contribution in [0.1, 0.15) is 13.3 Å². The topological polar surface area (TPSA) is 113 Å². The lowest BCUT2D eigenvalue weighted by Gasteiger charge is -2.49. The molecular weight excluding hydrogens is 312 g/mol. The Bertz CT molecular complexity index is 573. The number of carboxylic acids is 1. The van der Waals surface area contributed by atoms with Gasteiger partial charge in [0, 0.05) is 12.9 Å². The Labute approximate surface area is 130 Å². The maximum atomic E-state index is 12.2. The fourth-order valence-corrected chi connectivity index (χ4v) is 3.75. The van der Waals surface area contributed by atoms with E-state index in [0.717, 1.165) is 0 Å². The van der Waals surface area contributed by atoms with Crippen molar-refractivity contribution in [3.63, 3.8) is 0 Å². The summed E-state index contributed by atoms with van der Waals surface area (Å²) < 4.78 is 4.96. The van der Waals surface area contributed by atoms with Gasteiger partial charge in [-0.3, -0.25) is 19.3 Å². The number of Topliss-reactive ketones (excluding diaryl/α,β-unsaturated/α-hetero) is 1. The number of hydrogen-bond donors (Lipinski definition) is 2. The van der Waals surface area contributed by atoms with Crippen LogP contribution < -0.4 is 5.32 Å². The minimum atomic E-state index is -1.20. The predicted octanol–water partition coefficient (Wildman–Crippen LogP) is -0.649. The summed E-state index contributed by atoms with van der Waals surface area (Å²) in [5.41, 5.74) is 0.450. The lowest BCUT2D eigenvalue weighted by Crippen LogP contribution is -2.70. The van der Waals surface area contributed by atoms with Gasteiger partial charge in [-0.15, -0.1) is 11.8 Å². The molecular formula is C13H16N2O6S. The van der Waals surface area contributed by atoms with Crippen LogP contribution in [0.25, 0.3) is 0 Å². The van der Waals surface area contributed by atoms with Crippen LogP contribution in [0.4, 0.5) is 0 Å². The first-order valence-electron chi connectivity index (χ1n) is 6.54. The molecule has 1 fully saturated rings. The van der Waals surface area contributed by atoms with Gasteiger partial charge in [0.25, 0.3) is 5.91 Å². The number of nitrogens with zero attached hydrogens (tertiary/aromatic N) is 1. The molecule has 0 spiro atoms. The van der Waals surface area contributed by atoms with Crippen LogP contribution in [0.2, 0.25) is 0 Å². The summed E-state index contributed by atoms with van der Waals surface area (Å²) in [4.78, 5) is 47.2. The van der Waals surface area contributed by atoms with E-state index in [9.17, 15) is 24.3 Å². The van der Waals surface area contributed by atoms with Gasteiger partial charge in [0.1, 0.15) is 22.9 Å². The second-order valence-electron chi connectivity index (χ2n) is 5.02. The van der Waals surface area contributed by atoms with E-state index in [2.05, 4.69) is 5.32 Å². The number of nitrogens with one attached hydrogen (secondary N) is 1. The van der Waals surface area contributed by atoms with Crippen LogP contribution in [0, 0.1) is 0 Å². The zero-order valence-corrected chi connectivity index (χ0v) is 12.9. The van der Waals surface area contributed by atoms with Crippen molar-refractivity contribution in [2.45, 2.75) is 24.8 Å². The maximum Gasteiger partial charge on any atom is 0.352 e. The fourth-order valence-electron chi connectivity index (χ4n) is 2.42. The first-order valence-corrected chi connectivity index (χ1v) is 7.59. The van der Waals surface area contributed by atoms with Crippen LogP contribution in [0.15, 0.2) is 11.3 Å². The fraction of sp³-hybridized carbons (Fsp3) is 0.538. The van der Waals surface area contributed by atoms with Crippen LogP contribution in [0.5, 0.6) is 0 Å². The molecule has 0 aliphatic carbocycles. The molecule has 1 saturated heterocycles. The van der Waals surface area contributed by atoms with E-state index >= 15 is 0 Å². The number of aliphatic carboxylic acids is 1. The number of hydrogen-bond acceptors (Lipinski definition) is 6. The smallest absolute Gasteiger partial charge is 0.352 e. The zero-order chi connectivity index (χ0) is 16.4. The molecule has 120 valence electrons. The highest BCUT2D eigenvalue weighted by atomic mass is 32.2. The van der Waals surface area contributed by atoms with Gasteiger partial charge < -0.3 is 15.2 Å². The van der Waals surface area contributed by atoms with Crippen LogP contribution in [-0.4, -0.2) is 64.5 Å². The molecule has 2 rings (SSSR count). The van der Waals surface area contributed by atoms with Crippen molar-refractivity contribution in [1.82, 2.24) is 10.2 Å². The third-order valence-corrected chi connectivity index (χ3v) is 4.63. The molecule has 8 nitrogen and oxygen atoms in total. The van der Waals surface area contributed by atoms with Crippen LogP contribution in [-0.2, 0) is 23.9 Å². The summed E-state index contributed by atoms with van der Waals surface area (Å²) in [6, 6.07) is -0.796. The Kier molecular flexibility index (Phi) is 4.87. The minimum absolute atomic E-state index is 0.0762. The van der Waals surface area contributed by atoms with Gasteiger partial charge in [-0.2, -0.15) is 0 Å². The van der Waals surface area contributed by atoms with Gasteiger partial charge in [-0.25, -0.2) is 4.79 Å². The van der Waals surface area contributed by atoms with E-state index in [-0.39, 0.29) is 24.5 Å². The Morgan fingerprint density at radius 3 is 2.68 bits per heavy atom. The second-order valence-corrected chi connectivity index (χ2v) is 6.13. The Hall–Kier alpha value is -1.87. The van der Waals surface area contributed by atoms with E-state index < -0.39 is 29.2 Å².